The van der Waals surface area contributed by atoms with Crippen molar-refractivity contribution in [1.82, 2.24) is 24.9 Å². The molecule has 0 radical (unpaired) electrons. The summed E-state index contributed by atoms with van der Waals surface area (Å²) in [5.74, 6) is 2.78. The van der Waals surface area contributed by atoms with Gasteiger partial charge in [0.05, 0.1) is 17.3 Å². The lowest BCUT2D eigenvalue weighted by Crippen LogP contribution is -1.99. The van der Waals surface area contributed by atoms with Crippen LogP contribution >= 0.6 is 0 Å². The van der Waals surface area contributed by atoms with E-state index >= 15 is 0 Å². The molecule has 2 heterocycles. The van der Waals surface area contributed by atoms with Crippen LogP contribution in [0, 0.1) is 45.9 Å². The van der Waals surface area contributed by atoms with Crippen LogP contribution in [0.3, 0.4) is 0 Å². The maximum atomic E-state index is 9.40. The topological polar surface area (TPSA) is 88.2 Å². The first-order valence-electron chi connectivity index (χ1n) is 14.2. The minimum Gasteiger partial charge on any atom is -0.238 e. The Morgan fingerprint density at radius 2 is 1.07 bits per heavy atom. The number of nitrogens with zero attached hydrogens (tertiary/aromatic N) is 6. The van der Waals surface area contributed by atoms with Crippen molar-refractivity contribution in [3.05, 3.63) is 125 Å². The average molecular weight is 559 g/mol. The van der Waals surface area contributed by atoms with Crippen molar-refractivity contribution >= 4 is 0 Å². The van der Waals surface area contributed by atoms with E-state index in [0.29, 0.717) is 23.0 Å². The zero-order chi connectivity index (χ0) is 30.1. The SMILES string of the molecule is Cc1nc(C)nc(-c2cccc(-c3c(-c4ccc(C#N)cc4)cccc3-c3cccc(-c4nc(C)nc(C)c4C)c3)c2)n1. The molecule has 6 heteroatoms. The van der Waals surface area contributed by atoms with Crippen LogP contribution in [0.2, 0.25) is 0 Å². The molecule has 6 aromatic rings. The number of aromatic nitrogens is 5. The summed E-state index contributed by atoms with van der Waals surface area (Å²) in [6.45, 7) is 9.80. The smallest absolute Gasteiger partial charge is 0.163 e. The predicted octanol–water partition coefficient (Wildman–Crippen LogP) is 8.41. The van der Waals surface area contributed by atoms with Crippen LogP contribution in [-0.4, -0.2) is 24.9 Å². The molecule has 0 aliphatic heterocycles. The third kappa shape index (κ3) is 5.53. The number of hydrogen-bond acceptors (Lipinski definition) is 6. The second kappa shape index (κ2) is 11.4. The van der Waals surface area contributed by atoms with E-state index in [9.17, 15) is 5.26 Å². The number of aryl methyl sites for hydroxylation is 4. The fraction of sp³-hybridized carbons (Fsp3) is 0.135. The van der Waals surface area contributed by atoms with Crippen molar-refractivity contribution in [2.24, 2.45) is 0 Å². The summed E-state index contributed by atoms with van der Waals surface area (Å²) in [6, 6.07) is 33.2. The summed E-state index contributed by atoms with van der Waals surface area (Å²) in [7, 11) is 0. The van der Waals surface area contributed by atoms with Gasteiger partial charge in [-0.25, -0.2) is 24.9 Å². The van der Waals surface area contributed by atoms with Crippen molar-refractivity contribution in [3.8, 4) is 62.1 Å². The lowest BCUT2D eigenvalue weighted by atomic mass is 9.86. The Morgan fingerprint density at radius 1 is 0.512 bits per heavy atom. The highest BCUT2D eigenvalue weighted by Gasteiger charge is 2.17. The van der Waals surface area contributed by atoms with Crippen molar-refractivity contribution in [2.75, 3.05) is 0 Å². The van der Waals surface area contributed by atoms with E-state index in [1.54, 1.807) is 0 Å². The van der Waals surface area contributed by atoms with Crippen molar-refractivity contribution in [1.29, 1.82) is 5.26 Å². The minimum absolute atomic E-state index is 0.627. The Balaban J connectivity index is 1.58. The summed E-state index contributed by atoms with van der Waals surface area (Å²) in [4.78, 5) is 23.0. The fourth-order valence-corrected chi connectivity index (χ4v) is 5.51. The van der Waals surface area contributed by atoms with Gasteiger partial charge in [-0.05, 0) is 97.8 Å². The molecule has 0 spiro atoms. The maximum absolute atomic E-state index is 9.40. The van der Waals surface area contributed by atoms with E-state index in [1.165, 1.54) is 0 Å². The van der Waals surface area contributed by atoms with E-state index in [4.69, 9.17) is 4.98 Å². The van der Waals surface area contributed by atoms with Crippen LogP contribution in [0.25, 0.3) is 56.0 Å². The van der Waals surface area contributed by atoms with Crippen LogP contribution in [-0.2, 0) is 0 Å². The average Bonchev–Trinajstić information content (AvgIpc) is 3.02. The van der Waals surface area contributed by atoms with Crippen LogP contribution in [0.5, 0.6) is 0 Å². The van der Waals surface area contributed by atoms with Crippen LogP contribution < -0.4 is 0 Å². The van der Waals surface area contributed by atoms with Gasteiger partial charge in [-0.2, -0.15) is 5.26 Å². The molecule has 0 amide bonds. The van der Waals surface area contributed by atoms with Gasteiger partial charge >= 0.3 is 0 Å². The molecule has 4 aromatic carbocycles. The van der Waals surface area contributed by atoms with Crippen molar-refractivity contribution < 1.29 is 0 Å². The summed E-state index contributed by atoms with van der Waals surface area (Å²) in [6.07, 6.45) is 0. The van der Waals surface area contributed by atoms with Crippen LogP contribution in [0.1, 0.15) is 34.3 Å². The van der Waals surface area contributed by atoms with E-state index in [0.717, 1.165) is 67.3 Å². The quantitative estimate of drug-likeness (QED) is 0.211. The lowest BCUT2D eigenvalue weighted by molar-refractivity contribution is 0.928. The Bertz CT molecular complexity index is 2020. The zero-order valence-electron chi connectivity index (χ0n) is 24.8. The summed E-state index contributed by atoms with van der Waals surface area (Å²) in [5, 5.41) is 9.40. The van der Waals surface area contributed by atoms with Gasteiger partial charge in [-0.3, -0.25) is 0 Å². The van der Waals surface area contributed by atoms with Gasteiger partial charge in [0.1, 0.15) is 17.5 Å². The molecule has 6 nitrogen and oxygen atoms in total. The molecule has 0 atom stereocenters. The van der Waals surface area contributed by atoms with E-state index in [1.807, 2.05) is 64.1 Å². The molecular formula is C37H30N6. The highest BCUT2D eigenvalue weighted by Crippen LogP contribution is 2.42. The highest BCUT2D eigenvalue weighted by molar-refractivity contribution is 5.96. The van der Waals surface area contributed by atoms with Crippen molar-refractivity contribution in [2.45, 2.75) is 34.6 Å². The first kappa shape index (κ1) is 27.6. The third-order valence-electron chi connectivity index (χ3n) is 7.61. The molecule has 0 bridgehead atoms. The highest BCUT2D eigenvalue weighted by atomic mass is 15.0. The molecule has 43 heavy (non-hydrogen) atoms. The number of benzene rings is 4. The summed E-state index contributed by atoms with van der Waals surface area (Å²) in [5.41, 5.74) is 12.0. The van der Waals surface area contributed by atoms with Gasteiger partial charge in [0.15, 0.2) is 5.82 Å². The molecule has 0 unspecified atom stereocenters. The number of rotatable bonds is 5. The maximum Gasteiger partial charge on any atom is 0.163 e. The van der Waals surface area contributed by atoms with Gasteiger partial charge < -0.3 is 0 Å². The molecule has 208 valence electrons. The lowest BCUT2D eigenvalue weighted by Gasteiger charge is -2.18. The molecule has 6 rings (SSSR count). The minimum atomic E-state index is 0.627. The molecular weight excluding hydrogens is 528 g/mol. The molecule has 0 aliphatic carbocycles. The second-order valence-corrected chi connectivity index (χ2v) is 10.7. The van der Waals surface area contributed by atoms with E-state index in [-0.39, 0.29) is 0 Å². The van der Waals surface area contributed by atoms with Gasteiger partial charge in [-0.1, -0.05) is 66.7 Å². The molecule has 0 fully saturated rings. The van der Waals surface area contributed by atoms with Gasteiger partial charge in [-0.15, -0.1) is 0 Å². The Morgan fingerprint density at radius 3 is 1.77 bits per heavy atom. The van der Waals surface area contributed by atoms with E-state index in [2.05, 4.69) is 87.5 Å². The predicted molar refractivity (Wildman–Crippen MR) is 171 cm³/mol. The summed E-state index contributed by atoms with van der Waals surface area (Å²) < 4.78 is 0. The van der Waals surface area contributed by atoms with Gasteiger partial charge in [0.25, 0.3) is 0 Å². The zero-order valence-corrected chi connectivity index (χ0v) is 24.8. The van der Waals surface area contributed by atoms with E-state index < -0.39 is 0 Å². The first-order chi connectivity index (χ1) is 20.8. The molecule has 0 aliphatic rings. The van der Waals surface area contributed by atoms with Gasteiger partial charge in [0, 0.05) is 16.8 Å². The standard InChI is InChI=1S/C37H30N6/c1-22-23(2)39-24(3)41-36(22)31-11-6-9-29(19-31)34-14-8-13-33(28-17-15-27(21-38)16-18-28)35(34)30-10-7-12-32(20-30)37-42-25(4)40-26(5)43-37/h6-20H,1-5H3. The largest absolute Gasteiger partial charge is 0.238 e. The van der Waals surface area contributed by atoms with Crippen molar-refractivity contribution in [3.63, 3.8) is 0 Å². The van der Waals surface area contributed by atoms with Gasteiger partial charge in [0.2, 0.25) is 0 Å². The third-order valence-corrected chi connectivity index (χ3v) is 7.61. The summed E-state index contributed by atoms with van der Waals surface area (Å²) >= 11 is 0. The molecule has 0 N–H and O–H groups in total. The molecule has 2 aromatic heterocycles. The monoisotopic (exact) mass is 558 g/mol. The molecule has 0 saturated carbocycles. The Labute approximate surface area is 251 Å². The molecule has 0 saturated heterocycles. The van der Waals surface area contributed by atoms with Crippen LogP contribution in [0.15, 0.2) is 91.0 Å². The number of hydrogen-bond donors (Lipinski definition) is 0. The normalized spacial score (nSPS) is 10.9. The second-order valence-electron chi connectivity index (χ2n) is 10.7. The Hall–Kier alpha value is -5.54. The fourth-order valence-electron chi connectivity index (χ4n) is 5.51. The first-order valence-corrected chi connectivity index (χ1v) is 14.2. The number of nitriles is 1. The Kier molecular flexibility index (Phi) is 7.31. The van der Waals surface area contributed by atoms with Crippen LogP contribution in [0.4, 0.5) is 0 Å².